The summed E-state index contributed by atoms with van der Waals surface area (Å²) >= 11 is 0. The van der Waals surface area contributed by atoms with E-state index in [9.17, 15) is 25.2 Å². The van der Waals surface area contributed by atoms with E-state index in [0.717, 1.165) is 63.4 Å². The van der Waals surface area contributed by atoms with Gasteiger partial charge in [0, 0.05) is 11.5 Å². The number of carbonyl (C=O) groups is 1. The first-order chi connectivity index (χ1) is 17.5. The number of rotatable bonds is 3. The fourth-order valence-electron chi connectivity index (χ4n) is 9.81. The molecule has 4 saturated carbocycles. The van der Waals surface area contributed by atoms with Crippen LogP contribution in [0.4, 0.5) is 0 Å². The van der Waals surface area contributed by atoms with E-state index in [0.29, 0.717) is 18.4 Å². The molecule has 6 aliphatic rings. The molecule has 0 unspecified atom stereocenters. The first kappa shape index (κ1) is 26.2. The molecule has 8 nitrogen and oxygen atoms in total. The van der Waals surface area contributed by atoms with Crippen molar-refractivity contribution in [3.8, 4) is 0 Å². The van der Waals surface area contributed by atoms with Gasteiger partial charge < -0.3 is 34.6 Å². The molecular weight excluding hydrogens is 476 g/mol. The van der Waals surface area contributed by atoms with Crippen LogP contribution in [0.15, 0.2) is 11.6 Å². The van der Waals surface area contributed by atoms with Crippen LogP contribution in [0, 0.1) is 34.5 Å². The number of cyclic esters (lactones) is 1. The van der Waals surface area contributed by atoms with Gasteiger partial charge in [0.2, 0.25) is 0 Å². The second kappa shape index (κ2) is 9.00. The molecule has 13 atom stereocenters. The van der Waals surface area contributed by atoms with Crippen LogP contribution in [0.1, 0.15) is 78.6 Å². The zero-order valence-corrected chi connectivity index (χ0v) is 22.3. The summed E-state index contributed by atoms with van der Waals surface area (Å²) < 4.78 is 17.2. The Kier molecular flexibility index (Phi) is 6.37. The lowest BCUT2D eigenvalue weighted by molar-refractivity contribution is -0.310. The summed E-state index contributed by atoms with van der Waals surface area (Å²) in [5, 5.41) is 43.0. The van der Waals surface area contributed by atoms with E-state index in [4.69, 9.17) is 14.2 Å². The average molecular weight is 521 g/mol. The van der Waals surface area contributed by atoms with E-state index < -0.39 is 36.3 Å². The highest BCUT2D eigenvalue weighted by atomic mass is 16.7. The zero-order chi connectivity index (χ0) is 26.3. The molecule has 0 amide bonds. The molecule has 1 saturated heterocycles. The van der Waals surface area contributed by atoms with Gasteiger partial charge in [-0.1, -0.05) is 13.8 Å². The third-order valence-electron chi connectivity index (χ3n) is 12.1. The van der Waals surface area contributed by atoms with Crippen LogP contribution in [0.25, 0.3) is 0 Å². The Morgan fingerprint density at radius 1 is 0.946 bits per heavy atom. The molecule has 4 N–H and O–H groups in total. The van der Waals surface area contributed by atoms with Crippen LogP contribution in [-0.4, -0.2) is 75.4 Å². The standard InChI is InChI=1S/C29H44O8/c1-15-23(31)24(32)25(33)26(36-15)37-18-6-9-27(2)17(13-18)4-5-21-20(27)7-10-28(3)19(8-11-29(21,28)34)16-12-22(30)35-14-16/h12,15,17-21,23-26,31-34H,4-11,13-14H2,1-3H3/t15-,17+,18-,19+,20+,21-,23-,24+,25+,26+,27-,28+,29-/m0/s1. The molecule has 8 heteroatoms. The summed E-state index contributed by atoms with van der Waals surface area (Å²) in [6.45, 7) is 6.73. The van der Waals surface area contributed by atoms with Crippen LogP contribution in [-0.2, 0) is 19.0 Å². The number of carbonyl (C=O) groups excluding carboxylic acids is 1. The molecule has 5 fully saturated rings. The second-order valence-corrected chi connectivity index (χ2v) is 13.5. The number of aliphatic hydroxyl groups excluding tert-OH is 3. The zero-order valence-electron chi connectivity index (χ0n) is 22.3. The number of fused-ring (bicyclic) bond motifs is 5. The van der Waals surface area contributed by atoms with Gasteiger partial charge in [-0.05, 0) is 99.4 Å². The van der Waals surface area contributed by atoms with Crippen molar-refractivity contribution in [3.63, 3.8) is 0 Å². The predicted octanol–water partition coefficient (Wildman–Crippen LogP) is 2.46. The number of hydrogen-bond donors (Lipinski definition) is 4. The number of esters is 1. The normalized spacial score (nSPS) is 55.6. The minimum Gasteiger partial charge on any atom is -0.458 e. The molecular formula is C29H44O8. The van der Waals surface area contributed by atoms with Gasteiger partial charge >= 0.3 is 5.97 Å². The highest BCUT2D eigenvalue weighted by Crippen LogP contribution is 2.70. The Bertz CT molecular complexity index is 952. The number of hydrogen-bond acceptors (Lipinski definition) is 8. The summed E-state index contributed by atoms with van der Waals surface area (Å²) in [7, 11) is 0. The summed E-state index contributed by atoms with van der Waals surface area (Å²) in [6.07, 6.45) is 4.88. The first-order valence-corrected chi connectivity index (χ1v) is 14.4. The molecule has 2 heterocycles. The van der Waals surface area contributed by atoms with Gasteiger partial charge in [0.1, 0.15) is 24.9 Å². The van der Waals surface area contributed by atoms with Crippen LogP contribution < -0.4 is 0 Å². The van der Waals surface area contributed by atoms with Crippen molar-refractivity contribution in [1.82, 2.24) is 0 Å². The highest BCUT2D eigenvalue weighted by molar-refractivity contribution is 5.85. The topological polar surface area (TPSA) is 126 Å². The first-order valence-electron chi connectivity index (χ1n) is 14.4. The van der Waals surface area contributed by atoms with E-state index in [1.165, 1.54) is 0 Å². The van der Waals surface area contributed by atoms with Gasteiger partial charge in [0.15, 0.2) is 6.29 Å². The lowest BCUT2D eigenvalue weighted by atomic mass is 9.43. The Balaban J connectivity index is 1.16. The molecule has 208 valence electrons. The van der Waals surface area contributed by atoms with Crippen molar-refractivity contribution in [2.24, 2.45) is 34.5 Å². The van der Waals surface area contributed by atoms with E-state index >= 15 is 0 Å². The number of ether oxygens (including phenoxy) is 3. The van der Waals surface area contributed by atoms with E-state index in [2.05, 4.69) is 13.8 Å². The molecule has 37 heavy (non-hydrogen) atoms. The summed E-state index contributed by atoms with van der Waals surface area (Å²) in [6, 6.07) is 0. The average Bonchev–Trinajstić information content (AvgIpc) is 3.41. The smallest absolute Gasteiger partial charge is 0.331 e. The molecule has 6 rings (SSSR count). The Morgan fingerprint density at radius 3 is 2.46 bits per heavy atom. The predicted molar refractivity (Wildman–Crippen MR) is 133 cm³/mol. The fourth-order valence-corrected chi connectivity index (χ4v) is 9.81. The lowest BCUT2D eigenvalue weighted by Gasteiger charge is -2.64. The van der Waals surface area contributed by atoms with Gasteiger partial charge in [0.25, 0.3) is 0 Å². The lowest BCUT2D eigenvalue weighted by Crippen LogP contribution is -2.62. The highest BCUT2D eigenvalue weighted by Gasteiger charge is 2.67. The van der Waals surface area contributed by atoms with E-state index in [-0.39, 0.29) is 34.7 Å². The molecule has 0 aromatic rings. The van der Waals surface area contributed by atoms with Crippen LogP contribution >= 0.6 is 0 Å². The van der Waals surface area contributed by atoms with Gasteiger partial charge in [-0.2, -0.15) is 0 Å². The van der Waals surface area contributed by atoms with Crippen molar-refractivity contribution >= 4 is 5.97 Å². The molecule has 0 aromatic heterocycles. The van der Waals surface area contributed by atoms with Crippen molar-refractivity contribution in [2.45, 2.75) is 121 Å². The minimum absolute atomic E-state index is 0.0661. The van der Waals surface area contributed by atoms with Crippen LogP contribution in [0.5, 0.6) is 0 Å². The van der Waals surface area contributed by atoms with Crippen molar-refractivity contribution in [2.75, 3.05) is 6.61 Å². The third kappa shape index (κ3) is 3.80. The molecule has 2 aliphatic heterocycles. The largest absolute Gasteiger partial charge is 0.458 e. The maximum atomic E-state index is 12.4. The molecule has 0 radical (unpaired) electrons. The SMILES string of the molecule is C[C@@H]1O[C@H](O[C@H]2CC[C@@]3(C)[C@H](CC[C@H]4[C@H]3CC[C@]3(C)[C@@H](C5=CC(=O)OC5)CC[C@]43O)C2)[C@H](O)[C@H](O)[C@H]1O. The molecule has 0 bridgehead atoms. The Hall–Kier alpha value is -1.03. The number of aliphatic hydroxyl groups is 4. The van der Waals surface area contributed by atoms with E-state index in [1.807, 2.05) is 0 Å². The van der Waals surface area contributed by atoms with Gasteiger partial charge in [0.05, 0.1) is 17.8 Å². The molecule has 0 spiro atoms. The summed E-state index contributed by atoms with van der Waals surface area (Å²) in [5.41, 5.74) is 0.243. The minimum atomic E-state index is -1.28. The van der Waals surface area contributed by atoms with Gasteiger partial charge in [-0.15, -0.1) is 0 Å². The summed E-state index contributed by atoms with van der Waals surface area (Å²) in [5.74, 6) is 1.14. The van der Waals surface area contributed by atoms with Crippen LogP contribution in [0.2, 0.25) is 0 Å². The van der Waals surface area contributed by atoms with Crippen molar-refractivity contribution < 1.29 is 39.4 Å². The van der Waals surface area contributed by atoms with Gasteiger partial charge in [-0.25, -0.2) is 4.79 Å². The molecule has 0 aromatic carbocycles. The Morgan fingerprint density at radius 2 is 1.73 bits per heavy atom. The fraction of sp³-hybridized carbons (Fsp3) is 0.897. The second-order valence-electron chi connectivity index (χ2n) is 13.5. The monoisotopic (exact) mass is 520 g/mol. The third-order valence-corrected chi connectivity index (χ3v) is 12.1. The molecule has 4 aliphatic carbocycles. The quantitative estimate of drug-likeness (QED) is 0.330. The van der Waals surface area contributed by atoms with Crippen molar-refractivity contribution in [3.05, 3.63) is 11.6 Å². The maximum Gasteiger partial charge on any atom is 0.331 e. The van der Waals surface area contributed by atoms with Gasteiger partial charge in [-0.3, -0.25) is 0 Å². The maximum absolute atomic E-state index is 12.4. The van der Waals surface area contributed by atoms with E-state index in [1.54, 1.807) is 13.0 Å². The van der Waals surface area contributed by atoms with Crippen molar-refractivity contribution in [1.29, 1.82) is 0 Å². The van der Waals surface area contributed by atoms with Crippen LogP contribution in [0.3, 0.4) is 0 Å². The Labute approximate surface area is 219 Å². The summed E-state index contributed by atoms with van der Waals surface area (Å²) in [4.78, 5) is 11.8.